The van der Waals surface area contributed by atoms with Gasteiger partial charge in [0.1, 0.15) is 4.90 Å². The fraction of sp³-hybridized carbons (Fsp3) is 0.286. The summed E-state index contributed by atoms with van der Waals surface area (Å²) in [5.41, 5.74) is -0.0872. The van der Waals surface area contributed by atoms with E-state index in [1.807, 2.05) is 0 Å². The van der Waals surface area contributed by atoms with E-state index in [4.69, 9.17) is 10.7 Å². The summed E-state index contributed by atoms with van der Waals surface area (Å²) in [5.74, 6) is -0.667. The number of halogens is 5. The second-order valence-corrected chi connectivity index (χ2v) is 6.45. The van der Waals surface area contributed by atoms with E-state index in [-0.39, 0.29) is 9.26 Å². The van der Waals surface area contributed by atoms with Crippen LogP contribution in [0.5, 0.6) is 5.75 Å². The second-order valence-electron chi connectivity index (χ2n) is 2.84. The third-order valence-corrected chi connectivity index (χ3v) is 4.37. The lowest BCUT2D eigenvalue weighted by molar-refractivity contribution is -0.275. The fourth-order valence-corrected chi connectivity index (χ4v) is 3.68. The zero-order valence-corrected chi connectivity index (χ0v) is 11.8. The second kappa shape index (κ2) is 4.76. The van der Waals surface area contributed by atoms with Crippen molar-refractivity contribution in [1.82, 2.24) is 4.98 Å². The largest absolute Gasteiger partial charge is 0.573 e. The molecule has 0 aliphatic heterocycles. The molecule has 10 heteroatoms. The first kappa shape index (κ1) is 14.8. The topological polar surface area (TPSA) is 56.3 Å². The molecule has 0 aliphatic rings. The highest BCUT2D eigenvalue weighted by molar-refractivity contribution is 14.1. The summed E-state index contributed by atoms with van der Waals surface area (Å²) in [6.45, 7) is 1.26. The molecule has 0 saturated heterocycles. The molecule has 0 atom stereocenters. The van der Waals surface area contributed by atoms with Gasteiger partial charge < -0.3 is 4.74 Å². The minimum atomic E-state index is -4.93. The maximum Gasteiger partial charge on any atom is 0.573 e. The molecule has 96 valence electrons. The molecule has 0 aromatic carbocycles. The Labute approximate surface area is 113 Å². The Hall–Kier alpha value is -0.290. The zero-order chi connectivity index (χ0) is 13.4. The third-order valence-electron chi connectivity index (χ3n) is 1.60. The number of hydrogen-bond donors (Lipinski definition) is 0. The number of aromatic nitrogens is 1. The van der Waals surface area contributed by atoms with Crippen LogP contribution in [0.15, 0.2) is 11.1 Å². The number of hydrogen-bond acceptors (Lipinski definition) is 4. The first-order valence-corrected chi connectivity index (χ1v) is 7.26. The van der Waals surface area contributed by atoms with Crippen LogP contribution in [0.2, 0.25) is 0 Å². The van der Waals surface area contributed by atoms with E-state index in [0.717, 1.165) is 6.20 Å². The van der Waals surface area contributed by atoms with Gasteiger partial charge >= 0.3 is 6.36 Å². The Kier molecular flexibility index (Phi) is 4.14. The minimum Gasteiger partial charge on any atom is -0.403 e. The Balaban J connectivity index is 3.41. The average molecular weight is 402 g/mol. The summed E-state index contributed by atoms with van der Waals surface area (Å²) < 4.78 is 61.9. The quantitative estimate of drug-likeness (QED) is 0.565. The molecular formula is C7H4ClF3INO3S. The number of pyridine rings is 1. The summed E-state index contributed by atoms with van der Waals surface area (Å²) in [6, 6.07) is 0. The molecule has 0 bridgehead atoms. The SMILES string of the molecule is Cc1ncc(S(=O)(=O)Cl)c(I)c1OC(F)(F)F. The lowest BCUT2D eigenvalue weighted by Crippen LogP contribution is -2.19. The highest BCUT2D eigenvalue weighted by Crippen LogP contribution is 2.34. The maximum atomic E-state index is 12.1. The lowest BCUT2D eigenvalue weighted by Gasteiger charge is -2.13. The van der Waals surface area contributed by atoms with Crippen LogP contribution in [0.1, 0.15) is 5.69 Å². The summed E-state index contributed by atoms with van der Waals surface area (Å²) in [7, 11) is 0.877. The van der Waals surface area contributed by atoms with Gasteiger partial charge in [0.25, 0.3) is 9.05 Å². The highest BCUT2D eigenvalue weighted by atomic mass is 127. The average Bonchev–Trinajstić information content (AvgIpc) is 2.08. The molecule has 0 spiro atoms. The van der Waals surface area contributed by atoms with E-state index >= 15 is 0 Å². The van der Waals surface area contributed by atoms with Crippen molar-refractivity contribution >= 4 is 42.3 Å². The predicted molar refractivity (Wildman–Crippen MR) is 61.4 cm³/mol. The summed E-state index contributed by atoms with van der Waals surface area (Å²) in [5, 5.41) is 0. The van der Waals surface area contributed by atoms with Gasteiger partial charge in [-0.05, 0) is 29.5 Å². The van der Waals surface area contributed by atoms with E-state index < -0.39 is 26.1 Å². The van der Waals surface area contributed by atoms with Crippen molar-refractivity contribution in [3.05, 3.63) is 15.5 Å². The van der Waals surface area contributed by atoms with Gasteiger partial charge in [0.05, 0.1) is 9.26 Å². The van der Waals surface area contributed by atoms with Gasteiger partial charge in [0, 0.05) is 16.9 Å². The number of rotatable bonds is 2. The molecule has 0 fully saturated rings. The molecule has 0 N–H and O–H groups in total. The van der Waals surface area contributed by atoms with E-state index in [1.54, 1.807) is 0 Å². The van der Waals surface area contributed by atoms with Gasteiger partial charge in [-0.3, -0.25) is 4.98 Å². The van der Waals surface area contributed by atoms with Crippen LogP contribution in [-0.4, -0.2) is 19.8 Å². The van der Waals surface area contributed by atoms with Crippen molar-refractivity contribution in [3.63, 3.8) is 0 Å². The Morgan fingerprint density at radius 1 is 1.47 bits per heavy atom. The number of aryl methyl sites for hydroxylation is 1. The van der Waals surface area contributed by atoms with E-state index in [0.29, 0.717) is 0 Å². The van der Waals surface area contributed by atoms with Gasteiger partial charge in [-0.25, -0.2) is 8.42 Å². The zero-order valence-electron chi connectivity index (χ0n) is 8.05. The van der Waals surface area contributed by atoms with E-state index in [9.17, 15) is 21.6 Å². The first-order valence-electron chi connectivity index (χ1n) is 3.88. The van der Waals surface area contributed by atoms with Crippen molar-refractivity contribution in [1.29, 1.82) is 0 Å². The molecule has 0 saturated carbocycles. The highest BCUT2D eigenvalue weighted by Gasteiger charge is 2.34. The predicted octanol–water partition coefficient (Wildman–Crippen LogP) is 2.82. The van der Waals surface area contributed by atoms with Crippen LogP contribution < -0.4 is 4.74 Å². The van der Waals surface area contributed by atoms with Crippen molar-refractivity contribution in [2.75, 3.05) is 0 Å². The van der Waals surface area contributed by atoms with Gasteiger partial charge in [-0.2, -0.15) is 0 Å². The standard InChI is InChI=1S/C7H4ClF3INO3S/c1-3-6(16-7(9,10)11)5(12)4(2-13-3)17(8,14)15/h2H,1H3. The summed E-state index contributed by atoms with van der Waals surface area (Å²) in [6.07, 6.45) is -4.05. The molecule has 1 aromatic heterocycles. The van der Waals surface area contributed by atoms with Crippen molar-refractivity contribution in [2.24, 2.45) is 0 Å². The number of nitrogens with zero attached hydrogens (tertiary/aromatic N) is 1. The van der Waals surface area contributed by atoms with Crippen LogP contribution >= 0.6 is 33.3 Å². The van der Waals surface area contributed by atoms with Gasteiger partial charge in [-0.15, -0.1) is 13.2 Å². The van der Waals surface area contributed by atoms with Gasteiger partial charge in [0.2, 0.25) is 0 Å². The van der Waals surface area contributed by atoms with Crippen molar-refractivity contribution in [2.45, 2.75) is 18.2 Å². The minimum absolute atomic E-state index is 0.0872. The summed E-state index contributed by atoms with van der Waals surface area (Å²) >= 11 is 1.40. The molecule has 1 heterocycles. The van der Waals surface area contributed by atoms with Crippen LogP contribution in [0, 0.1) is 10.5 Å². The molecule has 1 aromatic rings. The van der Waals surface area contributed by atoms with Crippen molar-refractivity contribution < 1.29 is 26.3 Å². The molecule has 17 heavy (non-hydrogen) atoms. The lowest BCUT2D eigenvalue weighted by atomic mass is 10.3. The Morgan fingerprint density at radius 2 is 2.00 bits per heavy atom. The van der Waals surface area contributed by atoms with Gasteiger partial charge in [0.15, 0.2) is 5.75 Å². The monoisotopic (exact) mass is 401 g/mol. The van der Waals surface area contributed by atoms with Crippen LogP contribution in [0.3, 0.4) is 0 Å². The van der Waals surface area contributed by atoms with Gasteiger partial charge in [-0.1, -0.05) is 0 Å². The number of ether oxygens (including phenoxy) is 1. The van der Waals surface area contributed by atoms with Crippen molar-refractivity contribution in [3.8, 4) is 5.75 Å². The maximum absolute atomic E-state index is 12.1. The summed E-state index contributed by atoms with van der Waals surface area (Å²) in [4.78, 5) is 2.97. The number of alkyl halides is 3. The Bertz CT molecular complexity index is 546. The first-order chi connectivity index (χ1) is 7.52. The Morgan fingerprint density at radius 3 is 2.41 bits per heavy atom. The molecule has 1 rings (SSSR count). The molecule has 4 nitrogen and oxygen atoms in total. The van der Waals surface area contributed by atoms with Crippen LogP contribution in [0.4, 0.5) is 13.2 Å². The smallest absolute Gasteiger partial charge is 0.403 e. The van der Waals surface area contributed by atoms with E-state index in [2.05, 4.69) is 9.72 Å². The van der Waals surface area contributed by atoms with Crippen LogP contribution in [0.25, 0.3) is 0 Å². The third kappa shape index (κ3) is 3.85. The molecule has 0 unspecified atom stereocenters. The van der Waals surface area contributed by atoms with E-state index in [1.165, 1.54) is 29.5 Å². The molecular weight excluding hydrogens is 397 g/mol. The molecule has 0 radical (unpaired) electrons. The molecule has 0 aliphatic carbocycles. The molecule has 0 amide bonds. The van der Waals surface area contributed by atoms with Crippen LogP contribution in [-0.2, 0) is 9.05 Å². The fourth-order valence-electron chi connectivity index (χ4n) is 0.946. The normalized spacial score (nSPS) is 12.6.